The van der Waals surface area contributed by atoms with Crippen LogP contribution in [0.4, 0.5) is 0 Å². The summed E-state index contributed by atoms with van der Waals surface area (Å²) in [6.07, 6.45) is 6.61. The van der Waals surface area contributed by atoms with Gasteiger partial charge in [0.2, 0.25) is 5.91 Å². The van der Waals surface area contributed by atoms with E-state index in [2.05, 4.69) is 49.4 Å². The van der Waals surface area contributed by atoms with Crippen LogP contribution in [0.1, 0.15) is 22.4 Å². The number of amides is 1. The van der Waals surface area contributed by atoms with Crippen molar-refractivity contribution in [2.24, 2.45) is 0 Å². The lowest BCUT2D eigenvalue weighted by Gasteiger charge is -2.16. The molecule has 0 unspecified atom stereocenters. The van der Waals surface area contributed by atoms with Crippen LogP contribution in [-0.2, 0) is 11.3 Å². The fourth-order valence-electron chi connectivity index (χ4n) is 2.55. The maximum atomic E-state index is 12.3. The molecule has 1 amide bonds. The van der Waals surface area contributed by atoms with Crippen molar-refractivity contribution >= 4 is 23.6 Å². The summed E-state index contributed by atoms with van der Waals surface area (Å²) in [7, 11) is 0. The zero-order chi connectivity index (χ0) is 19.1. The zero-order valence-electron chi connectivity index (χ0n) is 15.3. The number of aromatic nitrogens is 2. The number of aryl methyl sites for hydroxylation is 2. The second-order valence-electron chi connectivity index (χ2n) is 6.09. The molecule has 0 fully saturated rings. The van der Waals surface area contributed by atoms with Crippen molar-refractivity contribution in [1.82, 2.24) is 14.7 Å². The molecule has 1 heterocycles. The van der Waals surface area contributed by atoms with Crippen LogP contribution in [0.25, 0.3) is 6.08 Å². The summed E-state index contributed by atoms with van der Waals surface area (Å²) in [4.78, 5) is 14.0. The quantitative estimate of drug-likeness (QED) is 0.510. The highest BCUT2D eigenvalue weighted by atomic mass is 35.5. The van der Waals surface area contributed by atoms with Crippen LogP contribution in [0.2, 0.25) is 5.15 Å². The summed E-state index contributed by atoms with van der Waals surface area (Å²) >= 11 is 6.49. The van der Waals surface area contributed by atoms with Gasteiger partial charge in [-0.15, -0.1) is 13.2 Å². The Morgan fingerprint density at radius 2 is 1.81 bits per heavy atom. The number of nitrogens with zero attached hydrogens (tertiary/aromatic N) is 3. The Bertz CT molecular complexity index is 809. The summed E-state index contributed by atoms with van der Waals surface area (Å²) in [5, 5.41) is 5.02. The molecule has 0 aliphatic heterocycles. The third-order valence-corrected chi connectivity index (χ3v) is 4.36. The highest BCUT2D eigenvalue weighted by Gasteiger charge is 2.13. The van der Waals surface area contributed by atoms with E-state index in [0.29, 0.717) is 24.8 Å². The van der Waals surface area contributed by atoms with Crippen LogP contribution in [-0.4, -0.2) is 33.7 Å². The van der Waals surface area contributed by atoms with Crippen molar-refractivity contribution in [3.63, 3.8) is 0 Å². The largest absolute Gasteiger partial charge is 0.332 e. The third-order valence-electron chi connectivity index (χ3n) is 3.97. The first-order valence-electron chi connectivity index (χ1n) is 8.43. The lowest BCUT2D eigenvalue weighted by molar-refractivity contribution is -0.124. The molecular weight excluding hydrogens is 346 g/mol. The van der Waals surface area contributed by atoms with Crippen LogP contribution in [0.5, 0.6) is 0 Å². The van der Waals surface area contributed by atoms with Gasteiger partial charge < -0.3 is 4.90 Å². The Morgan fingerprint density at radius 1 is 1.19 bits per heavy atom. The Hall–Kier alpha value is -2.59. The van der Waals surface area contributed by atoms with Crippen LogP contribution in [0, 0.1) is 13.8 Å². The highest BCUT2D eigenvalue weighted by molar-refractivity contribution is 6.31. The maximum absolute atomic E-state index is 12.3. The van der Waals surface area contributed by atoms with E-state index in [-0.39, 0.29) is 5.91 Å². The second kappa shape index (κ2) is 9.20. The average Bonchev–Trinajstić information content (AvgIpc) is 2.88. The number of benzene rings is 1. The van der Waals surface area contributed by atoms with Gasteiger partial charge in [-0.05, 0) is 25.5 Å². The van der Waals surface area contributed by atoms with Crippen molar-refractivity contribution in [3.8, 4) is 0 Å². The smallest absolute Gasteiger partial charge is 0.247 e. The van der Waals surface area contributed by atoms with E-state index in [1.807, 2.05) is 6.92 Å². The number of carbonyl (C=O) groups is 1. The van der Waals surface area contributed by atoms with E-state index in [0.717, 1.165) is 16.8 Å². The fraction of sp³-hybridized carbons (Fsp3) is 0.238. The van der Waals surface area contributed by atoms with Gasteiger partial charge in [-0.1, -0.05) is 53.6 Å². The van der Waals surface area contributed by atoms with Gasteiger partial charge in [-0.25, -0.2) is 4.68 Å². The van der Waals surface area contributed by atoms with Gasteiger partial charge in [0.25, 0.3) is 0 Å². The zero-order valence-corrected chi connectivity index (χ0v) is 16.0. The molecule has 136 valence electrons. The molecule has 0 aliphatic rings. The molecule has 2 aromatic rings. The fourth-order valence-corrected chi connectivity index (χ4v) is 2.85. The first-order chi connectivity index (χ1) is 12.5. The Morgan fingerprint density at radius 3 is 2.38 bits per heavy atom. The van der Waals surface area contributed by atoms with Gasteiger partial charge in [0.05, 0.1) is 12.2 Å². The van der Waals surface area contributed by atoms with Crippen molar-refractivity contribution < 1.29 is 4.79 Å². The molecule has 1 aromatic heterocycles. The third kappa shape index (κ3) is 4.96. The van der Waals surface area contributed by atoms with Gasteiger partial charge in [-0.3, -0.25) is 4.79 Å². The van der Waals surface area contributed by atoms with Crippen LogP contribution in [0.3, 0.4) is 0 Å². The van der Waals surface area contributed by atoms with E-state index < -0.39 is 0 Å². The lowest BCUT2D eigenvalue weighted by Crippen LogP contribution is -2.29. The predicted molar refractivity (Wildman–Crippen MR) is 108 cm³/mol. The van der Waals surface area contributed by atoms with E-state index in [4.69, 9.17) is 11.6 Å². The van der Waals surface area contributed by atoms with Gasteiger partial charge >= 0.3 is 0 Å². The Balaban J connectivity index is 2.18. The van der Waals surface area contributed by atoms with E-state index >= 15 is 0 Å². The van der Waals surface area contributed by atoms with Gasteiger partial charge in [0.1, 0.15) is 5.15 Å². The standard InChI is InChI=1S/C21H24ClN3O/c1-5-13-24(14-6-2)20(26)12-11-19-17(4)23-25(21(19)22)15-18-9-7-16(3)8-10-18/h5-12H,1-2,13-15H2,3-4H3/b12-11+. The molecule has 2 rings (SSSR count). The molecule has 0 saturated heterocycles. The summed E-state index contributed by atoms with van der Waals surface area (Å²) < 4.78 is 1.75. The van der Waals surface area contributed by atoms with Crippen LogP contribution >= 0.6 is 11.6 Å². The Kier molecular flexibility index (Phi) is 6.98. The number of rotatable bonds is 8. The molecule has 0 radical (unpaired) electrons. The van der Waals surface area contributed by atoms with Crippen molar-refractivity contribution in [2.75, 3.05) is 13.1 Å². The van der Waals surface area contributed by atoms with Crippen molar-refractivity contribution in [3.05, 3.63) is 83.2 Å². The number of hydrogen-bond donors (Lipinski definition) is 0. The SMILES string of the molecule is C=CCN(CC=C)C(=O)/C=C/c1c(C)nn(Cc2ccc(C)cc2)c1Cl. The Labute approximate surface area is 160 Å². The van der Waals surface area contributed by atoms with E-state index in [1.165, 1.54) is 11.6 Å². The minimum absolute atomic E-state index is 0.119. The van der Waals surface area contributed by atoms with Crippen molar-refractivity contribution in [2.45, 2.75) is 20.4 Å². The molecule has 0 saturated carbocycles. The van der Waals surface area contributed by atoms with E-state index in [9.17, 15) is 4.79 Å². The van der Waals surface area contributed by atoms with Gasteiger partial charge in [0.15, 0.2) is 0 Å². The summed E-state index contributed by atoms with van der Waals surface area (Å²) in [6.45, 7) is 12.8. The summed E-state index contributed by atoms with van der Waals surface area (Å²) in [5.74, 6) is -0.119. The molecule has 0 bridgehead atoms. The molecule has 26 heavy (non-hydrogen) atoms. The first-order valence-corrected chi connectivity index (χ1v) is 8.81. The average molecular weight is 370 g/mol. The minimum atomic E-state index is -0.119. The molecule has 4 nitrogen and oxygen atoms in total. The van der Waals surface area contributed by atoms with Crippen LogP contribution in [0.15, 0.2) is 55.7 Å². The van der Waals surface area contributed by atoms with Gasteiger partial charge in [-0.2, -0.15) is 5.10 Å². The lowest BCUT2D eigenvalue weighted by atomic mass is 10.1. The maximum Gasteiger partial charge on any atom is 0.247 e. The van der Waals surface area contributed by atoms with Crippen molar-refractivity contribution in [1.29, 1.82) is 0 Å². The first kappa shape index (κ1) is 19.7. The summed E-state index contributed by atoms with van der Waals surface area (Å²) in [6, 6.07) is 8.24. The number of hydrogen-bond acceptors (Lipinski definition) is 2. The van der Waals surface area contributed by atoms with Crippen LogP contribution < -0.4 is 0 Å². The number of carbonyl (C=O) groups excluding carboxylic acids is 1. The molecule has 0 spiro atoms. The molecule has 0 N–H and O–H groups in total. The normalized spacial score (nSPS) is 10.9. The summed E-state index contributed by atoms with van der Waals surface area (Å²) in [5.41, 5.74) is 3.87. The topological polar surface area (TPSA) is 38.1 Å². The van der Waals surface area contributed by atoms with E-state index in [1.54, 1.807) is 27.8 Å². The van der Waals surface area contributed by atoms with Gasteiger partial charge in [0, 0.05) is 24.7 Å². The molecule has 0 atom stereocenters. The minimum Gasteiger partial charge on any atom is -0.332 e. The molecule has 1 aromatic carbocycles. The molecular formula is C21H24ClN3O. The monoisotopic (exact) mass is 369 g/mol. The molecule has 5 heteroatoms. The number of halogens is 1. The molecule has 0 aliphatic carbocycles. The predicted octanol–water partition coefficient (Wildman–Crippen LogP) is 4.42. The second-order valence-corrected chi connectivity index (χ2v) is 6.45. The highest BCUT2D eigenvalue weighted by Crippen LogP contribution is 2.22.